The highest BCUT2D eigenvalue weighted by molar-refractivity contribution is 5.82. The smallest absolute Gasteiger partial charge is 0.327 e. The minimum absolute atomic E-state index is 0.178. The van der Waals surface area contributed by atoms with E-state index in [4.69, 9.17) is 10.5 Å². The summed E-state index contributed by atoms with van der Waals surface area (Å²) in [4.78, 5) is 14.8. The van der Waals surface area contributed by atoms with Crippen molar-refractivity contribution in [1.82, 2.24) is 4.90 Å². The van der Waals surface area contributed by atoms with Crippen molar-refractivity contribution < 1.29 is 9.53 Å². The van der Waals surface area contributed by atoms with Gasteiger partial charge in [0.1, 0.15) is 5.54 Å². The number of carbonyl (C=O) groups excluding carboxylic acids is 1. The first-order chi connectivity index (χ1) is 9.65. The van der Waals surface area contributed by atoms with E-state index in [-0.39, 0.29) is 5.97 Å². The second-order valence-electron chi connectivity index (χ2n) is 6.91. The summed E-state index contributed by atoms with van der Waals surface area (Å²) in [5, 5.41) is 0. The minimum atomic E-state index is -0.763. The number of rotatable bonds is 5. The van der Waals surface area contributed by atoms with E-state index in [0.29, 0.717) is 25.1 Å². The zero-order valence-corrected chi connectivity index (χ0v) is 12.6. The average molecular weight is 280 g/mol. The number of carbonyl (C=O) groups is 1. The Balaban J connectivity index is 1.71. The summed E-state index contributed by atoms with van der Waals surface area (Å²) in [6, 6.07) is 0.667. The molecule has 1 saturated heterocycles. The fraction of sp³-hybridized carbons (Fsp3) is 0.938. The molecule has 1 aliphatic heterocycles. The van der Waals surface area contributed by atoms with Crippen LogP contribution in [0.3, 0.4) is 0 Å². The van der Waals surface area contributed by atoms with E-state index in [0.717, 1.165) is 25.3 Å². The van der Waals surface area contributed by atoms with Gasteiger partial charge in [0.25, 0.3) is 0 Å². The van der Waals surface area contributed by atoms with Gasteiger partial charge in [-0.1, -0.05) is 6.42 Å². The van der Waals surface area contributed by atoms with Crippen LogP contribution in [0.2, 0.25) is 0 Å². The topological polar surface area (TPSA) is 55.6 Å². The van der Waals surface area contributed by atoms with E-state index in [9.17, 15) is 4.79 Å². The number of hydrogen-bond acceptors (Lipinski definition) is 4. The number of ether oxygens (including phenoxy) is 1. The third-order valence-corrected chi connectivity index (χ3v) is 5.53. The number of fused-ring (bicyclic) bond motifs is 1. The lowest BCUT2D eigenvalue weighted by Crippen LogP contribution is -2.61. The molecular weight excluding hydrogens is 252 g/mol. The van der Waals surface area contributed by atoms with Crippen molar-refractivity contribution in [3.05, 3.63) is 0 Å². The largest absolute Gasteiger partial charge is 0.465 e. The Morgan fingerprint density at radius 3 is 2.70 bits per heavy atom. The number of nitrogens with two attached hydrogens (primary N) is 1. The van der Waals surface area contributed by atoms with Gasteiger partial charge in [0.15, 0.2) is 0 Å². The minimum Gasteiger partial charge on any atom is -0.465 e. The van der Waals surface area contributed by atoms with Gasteiger partial charge < -0.3 is 10.5 Å². The highest BCUT2D eigenvalue weighted by atomic mass is 16.5. The first kappa shape index (κ1) is 14.3. The molecule has 3 atom stereocenters. The summed E-state index contributed by atoms with van der Waals surface area (Å²) in [6.45, 7) is 4.10. The summed E-state index contributed by atoms with van der Waals surface area (Å²) in [5.74, 6) is 1.00. The molecule has 114 valence electrons. The van der Waals surface area contributed by atoms with Crippen LogP contribution in [-0.2, 0) is 9.53 Å². The Morgan fingerprint density at radius 2 is 2.00 bits per heavy atom. The van der Waals surface area contributed by atoms with Gasteiger partial charge in [0.2, 0.25) is 0 Å². The monoisotopic (exact) mass is 280 g/mol. The Labute approximate surface area is 122 Å². The first-order valence-electron chi connectivity index (χ1n) is 8.35. The van der Waals surface area contributed by atoms with Crippen LogP contribution in [0.5, 0.6) is 0 Å². The number of hydrogen-bond donors (Lipinski definition) is 1. The van der Waals surface area contributed by atoms with Gasteiger partial charge >= 0.3 is 5.97 Å². The van der Waals surface area contributed by atoms with Gasteiger partial charge in [-0.25, -0.2) is 4.79 Å². The van der Waals surface area contributed by atoms with Crippen molar-refractivity contribution in [2.45, 2.75) is 63.5 Å². The standard InChI is InChI=1S/C16H28N2O2/c1-2-20-15(19)16(17,13-8-9-13)11-18-10-4-6-12-5-3-7-14(12)18/h12-14H,2-11,17H2,1H3. The van der Waals surface area contributed by atoms with Crippen LogP contribution in [0.25, 0.3) is 0 Å². The predicted molar refractivity (Wildman–Crippen MR) is 78.2 cm³/mol. The molecule has 3 fully saturated rings. The van der Waals surface area contributed by atoms with Crippen molar-refractivity contribution in [3.63, 3.8) is 0 Å². The molecule has 3 rings (SSSR count). The molecule has 0 spiro atoms. The molecule has 0 radical (unpaired) electrons. The Bertz CT molecular complexity index is 369. The van der Waals surface area contributed by atoms with Crippen LogP contribution in [0.4, 0.5) is 0 Å². The van der Waals surface area contributed by atoms with Crippen molar-refractivity contribution >= 4 is 5.97 Å². The molecule has 0 amide bonds. The van der Waals surface area contributed by atoms with E-state index >= 15 is 0 Å². The van der Waals surface area contributed by atoms with Gasteiger partial charge in [0.05, 0.1) is 6.61 Å². The fourth-order valence-electron chi connectivity index (χ4n) is 4.31. The van der Waals surface area contributed by atoms with Gasteiger partial charge in [-0.2, -0.15) is 0 Å². The summed E-state index contributed by atoms with van der Waals surface area (Å²) in [7, 11) is 0. The lowest BCUT2D eigenvalue weighted by Gasteiger charge is -2.42. The Morgan fingerprint density at radius 1 is 1.25 bits per heavy atom. The molecule has 3 unspecified atom stereocenters. The fourth-order valence-corrected chi connectivity index (χ4v) is 4.31. The zero-order chi connectivity index (χ0) is 14.2. The van der Waals surface area contributed by atoms with Gasteiger partial charge in [-0.15, -0.1) is 0 Å². The number of esters is 1. The number of nitrogens with zero attached hydrogens (tertiary/aromatic N) is 1. The third-order valence-electron chi connectivity index (χ3n) is 5.53. The molecule has 0 aromatic heterocycles. The van der Waals surface area contributed by atoms with Crippen molar-refractivity contribution in [1.29, 1.82) is 0 Å². The first-order valence-corrected chi connectivity index (χ1v) is 8.35. The van der Waals surface area contributed by atoms with Crippen LogP contribution < -0.4 is 5.73 Å². The summed E-state index contributed by atoms with van der Waals surface area (Å²) < 4.78 is 5.27. The maximum atomic E-state index is 12.3. The Kier molecular flexibility index (Phi) is 4.04. The third kappa shape index (κ3) is 2.60. The molecule has 0 aromatic rings. The quantitative estimate of drug-likeness (QED) is 0.782. The summed E-state index contributed by atoms with van der Waals surface area (Å²) in [6.07, 6.45) is 8.77. The SMILES string of the molecule is CCOC(=O)C(N)(CN1CCCC2CCCC21)C1CC1. The van der Waals surface area contributed by atoms with Crippen molar-refractivity contribution in [3.8, 4) is 0 Å². The summed E-state index contributed by atoms with van der Waals surface area (Å²) >= 11 is 0. The average Bonchev–Trinajstić information content (AvgIpc) is 3.18. The van der Waals surface area contributed by atoms with Crippen LogP contribution >= 0.6 is 0 Å². The number of piperidine rings is 1. The molecule has 2 N–H and O–H groups in total. The van der Waals surface area contributed by atoms with Crippen molar-refractivity contribution in [2.75, 3.05) is 19.7 Å². The molecule has 3 aliphatic rings. The van der Waals surface area contributed by atoms with E-state index in [1.54, 1.807) is 0 Å². The van der Waals surface area contributed by atoms with E-state index in [2.05, 4.69) is 4.90 Å². The molecular formula is C16H28N2O2. The second kappa shape index (κ2) is 5.64. The van der Waals surface area contributed by atoms with Gasteiger partial charge in [-0.05, 0) is 63.8 Å². The summed E-state index contributed by atoms with van der Waals surface area (Å²) in [5.41, 5.74) is 5.77. The van der Waals surface area contributed by atoms with Gasteiger partial charge in [0, 0.05) is 12.6 Å². The van der Waals surface area contributed by atoms with Crippen LogP contribution in [0.15, 0.2) is 0 Å². The molecule has 0 aromatic carbocycles. The van der Waals surface area contributed by atoms with Crippen LogP contribution in [0, 0.1) is 11.8 Å². The molecule has 2 saturated carbocycles. The van der Waals surface area contributed by atoms with E-state index in [1.165, 1.54) is 32.1 Å². The Hall–Kier alpha value is -0.610. The van der Waals surface area contributed by atoms with Crippen LogP contribution in [-0.4, -0.2) is 42.1 Å². The molecule has 4 nitrogen and oxygen atoms in total. The molecule has 0 bridgehead atoms. The molecule has 1 heterocycles. The van der Waals surface area contributed by atoms with E-state index < -0.39 is 5.54 Å². The molecule has 2 aliphatic carbocycles. The lowest BCUT2D eigenvalue weighted by molar-refractivity contribution is -0.152. The normalized spacial score (nSPS) is 33.5. The number of likely N-dealkylation sites (tertiary alicyclic amines) is 1. The van der Waals surface area contributed by atoms with Gasteiger partial charge in [-0.3, -0.25) is 4.90 Å². The second-order valence-corrected chi connectivity index (χ2v) is 6.91. The molecule has 4 heteroatoms. The maximum absolute atomic E-state index is 12.3. The highest BCUT2D eigenvalue weighted by Crippen LogP contribution is 2.42. The lowest BCUT2D eigenvalue weighted by atomic mass is 9.87. The van der Waals surface area contributed by atoms with E-state index in [1.807, 2.05) is 6.92 Å². The zero-order valence-electron chi connectivity index (χ0n) is 12.6. The van der Waals surface area contributed by atoms with Crippen LogP contribution in [0.1, 0.15) is 51.9 Å². The van der Waals surface area contributed by atoms with Crippen molar-refractivity contribution in [2.24, 2.45) is 17.6 Å². The predicted octanol–water partition coefficient (Wildman–Crippen LogP) is 1.92. The molecule has 20 heavy (non-hydrogen) atoms. The highest BCUT2D eigenvalue weighted by Gasteiger charge is 2.51. The maximum Gasteiger partial charge on any atom is 0.327 e.